The predicted octanol–water partition coefficient (Wildman–Crippen LogP) is -7.06. The number of ketones is 1. The number of aliphatic hydroxyl groups is 9. The van der Waals surface area contributed by atoms with E-state index in [4.69, 9.17) is 35.5 Å². The fourth-order valence-corrected chi connectivity index (χ4v) is 6.15. The number of hydrogen-bond acceptors (Lipinski definition) is 18. The van der Waals surface area contributed by atoms with Crippen LogP contribution in [-0.2, 0) is 23.7 Å². The Morgan fingerprint density at radius 1 is 1.02 bits per heavy atom. The highest BCUT2D eigenvalue weighted by Gasteiger charge is 2.53. The number of likely N-dealkylation sites (N-methyl/N-ethyl adjacent to an activating group) is 1. The van der Waals surface area contributed by atoms with Crippen LogP contribution in [-0.4, -0.2) is 183 Å². The summed E-state index contributed by atoms with van der Waals surface area (Å²) >= 11 is 0. The summed E-state index contributed by atoms with van der Waals surface area (Å²) in [6, 6.07) is -1.87. The molecule has 2 unspecified atom stereocenters. The number of nitrogens with one attached hydrogen (secondary N) is 2. The number of nitrogens with two attached hydrogens (primary N) is 2. The molecule has 3 aliphatic rings. The van der Waals surface area contributed by atoms with Crippen LogP contribution in [0.15, 0.2) is 0 Å². The Balaban J connectivity index is 1.81. The van der Waals surface area contributed by atoms with Crippen LogP contribution >= 0.6 is 0 Å². The molecule has 1 aliphatic carbocycles. The van der Waals surface area contributed by atoms with Gasteiger partial charge in [0.25, 0.3) is 0 Å². The molecule has 1 saturated carbocycles. The summed E-state index contributed by atoms with van der Waals surface area (Å²) in [7, 11) is 1.53. The molecule has 0 amide bonds. The van der Waals surface area contributed by atoms with Crippen molar-refractivity contribution in [2.45, 2.75) is 117 Å². The first kappa shape index (κ1) is 38.4. The number of carbonyl (C=O) groups excluding carboxylic acids is 1. The molecule has 0 aromatic heterocycles. The van der Waals surface area contributed by atoms with Crippen LogP contribution in [0.1, 0.15) is 26.2 Å². The summed E-state index contributed by atoms with van der Waals surface area (Å²) < 4.78 is 23.3. The number of carbonyl (C=O) groups is 1. The minimum atomic E-state index is -1.77. The van der Waals surface area contributed by atoms with Crippen molar-refractivity contribution in [2.75, 3.05) is 39.9 Å². The van der Waals surface area contributed by atoms with E-state index in [1.54, 1.807) is 0 Å². The molecule has 2 heterocycles. The van der Waals surface area contributed by atoms with Crippen LogP contribution in [0.25, 0.3) is 0 Å². The molecule has 3 fully saturated rings. The average Bonchev–Trinajstić information content (AvgIpc) is 2.98. The van der Waals surface area contributed by atoms with E-state index in [1.807, 2.05) is 0 Å². The van der Waals surface area contributed by atoms with E-state index < -0.39 is 110 Å². The molecule has 0 spiro atoms. The Hall–Kier alpha value is -1.01. The van der Waals surface area contributed by atoms with Crippen LogP contribution < -0.4 is 22.1 Å². The van der Waals surface area contributed by atoms with Gasteiger partial charge in [-0.3, -0.25) is 4.79 Å². The zero-order valence-electron chi connectivity index (χ0n) is 25.5. The minimum absolute atomic E-state index is 0.00148. The lowest BCUT2D eigenvalue weighted by atomic mass is 9.76. The number of rotatable bonds is 15. The van der Waals surface area contributed by atoms with Gasteiger partial charge in [0.2, 0.25) is 0 Å². The van der Waals surface area contributed by atoms with Gasteiger partial charge >= 0.3 is 0 Å². The van der Waals surface area contributed by atoms with Crippen LogP contribution in [0.2, 0.25) is 0 Å². The van der Waals surface area contributed by atoms with Gasteiger partial charge in [-0.2, -0.15) is 0 Å². The number of aliphatic hydroxyl groups excluding tert-OH is 8. The molecule has 18 heteroatoms. The molecule has 264 valence electrons. The predicted molar refractivity (Wildman–Crippen MR) is 153 cm³/mol. The van der Waals surface area contributed by atoms with Gasteiger partial charge in [-0.25, -0.2) is 0 Å². The number of ether oxygens (including phenoxy) is 4. The second-order valence-corrected chi connectivity index (χ2v) is 12.4. The van der Waals surface area contributed by atoms with Crippen molar-refractivity contribution in [3.8, 4) is 0 Å². The highest BCUT2D eigenvalue weighted by atomic mass is 16.7. The standard InChI is InChI=1S/C27H52N4O14/c1-27(41)10-42-25(21(40)24(27)30-2)44-22-11(6-15(35)14(34)3-4-28)5-13(29)23(20(22)39)45-26-19(38)18(37)17(36)16(43-26)8-31-7-12(33)9-32/h11-14,16-26,30-34,36-41H,3-10,28-29H2,1-2H3/t11-,12?,13-,14-,16+,17+,18-,19+,20+,21+,22-,23?,24+,25+,26+,27-/m0/s1. The van der Waals surface area contributed by atoms with Crippen molar-refractivity contribution < 1.29 is 69.7 Å². The molecule has 2 aliphatic heterocycles. The molecular formula is C27H52N4O14. The monoisotopic (exact) mass is 656 g/mol. The first-order valence-electron chi connectivity index (χ1n) is 15.2. The third-order valence-corrected chi connectivity index (χ3v) is 8.74. The minimum Gasteiger partial charge on any atom is -0.394 e. The molecule has 18 nitrogen and oxygen atoms in total. The van der Waals surface area contributed by atoms with Crippen molar-refractivity contribution in [2.24, 2.45) is 17.4 Å². The van der Waals surface area contributed by atoms with Gasteiger partial charge in [0, 0.05) is 25.6 Å². The van der Waals surface area contributed by atoms with Gasteiger partial charge in [0.1, 0.15) is 54.4 Å². The average molecular weight is 657 g/mol. The fourth-order valence-electron chi connectivity index (χ4n) is 6.15. The van der Waals surface area contributed by atoms with Crippen LogP contribution in [0.4, 0.5) is 0 Å². The SMILES string of the molecule is CN[C@@H]1[C@@H](O)[C@@H](O[C@H]2[C@H](CC(=O)[C@@H](O)CCN)C[C@H](N)C(O[C@H]3O[C@H](CNCC(O)CO)[C@@H](O)[C@H](O)[C@H]3O)[C@@H]2O)OC[C@]1(C)O. The molecule has 2 saturated heterocycles. The fraction of sp³-hybridized carbons (Fsp3) is 0.963. The normalized spacial score (nSPS) is 44.0. The molecule has 0 radical (unpaired) electrons. The van der Waals surface area contributed by atoms with Gasteiger partial charge in [0.15, 0.2) is 18.4 Å². The number of hydrogen-bond donors (Lipinski definition) is 13. The lowest BCUT2D eigenvalue weighted by molar-refractivity contribution is -0.333. The van der Waals surface area contributed by atoms with E-state index in [0.717, 1.165) is 0 Å². The van der Waals surface area contributed by atoms with Gasteiger partial charge in [-0.05, 0) is 39.3 Å². The molecule has 16 atom stereocenters. The zero-order valence-corrected chi connectivity index (χ0v) is 25.5. The molecule has 15 N–H and O–H groups in total. The molecular weight excluding hydrogens is 604 g/mol. The van der Waals surface area contributed by atoms with Crippen molar-refractivity contribution in [3.63, 3.8) is 0 Å². The molecule has 0 aromatic rings. The van der Waals surface area contributed by atoms with Crippen molar-refractivity contribution >= 4 is 5.78 Å². The largest absolute Gasteiger partial charge is 0.394 e. The lowest BCUT2D eigenvalue weighted by Crippen LogP contribution is -2.67. The second kappa shape index (κ2) is 16.9. The third-order valence-electron chi connectivity index (χ3n) is 8.74. The first-order valence-corrected chi connectivity index (χ1v) is 15.2. The maximum Gasteiger partial charge on any atom is 0.187 e. The highest BCUT2D eigenvalue weighted by Crippen LogP contribution is 2.36. The Labute approximate surface area is 261 Å². The van der Waals surface area contributed by atoms with Gasteiger partial charge in [-0.15, -0.1) is 0 Å². The van der Waals surface area contributed by atoms with E-state index in [0.29, 0.717) is 0 Å². The lowest BCUT2D eigenvalue weighted by Gasteiger charge is -2.49. The van der Waals surface area contributed by atoms with E-state index in [2.05, 4.69) is 10.6 Å². The summed E-state index contributed by atoms with van der Waals surface area (Å²) in [5, 5.41) is 99.1. The Morgan fingerprint density at radius 3 is 2.31 bits per heavy atom. The van der Waals surface area contributed by atoms with Crippen molar-refractivity contribution in [1.82, 2.24) is 10.6 Å². The second-order valence-electron chi connectivity index (χ2n) is 12.4. The van der Waals surface area contributed by atoms with Crippen LogP contribution in [0.5, 0.6) is 0 Å². The zero-order chi connectivity index (χ0) is 33.6. The smallest absolute Gasteiger partial charge is 0.187 e. The van der Waals surface area contributed by atoms with Crippen molar-refractivity contribution in [1.29, 1.82) is 0 Å². The van der Waals surface area contributed by atoms with E-state index >= 15 is 0 Å². The molecule has 45 heavy (non-hydrogen) atoms. The summed E-state index contributed by atoms with van der Waals surface area (Å²) in [5.74, 6) is -1.37. The van der Waals surface area contributed by atoms with Gasteiger partial charge in [-0.1, -0.05) is 0 Å². The molecule has 0 bridgehead atoms. The van der Waals surface area contributed by atoms with E-state index in [-0.39, 0.29) is 45.5 Å². The highest BCUT2D eigenvalue weighted by molar-refractivity contribution is 5.83. The van der Waals surface area contributed by atoms with E-state index in [1.165, 1.54) is 14.0 Å². The van der Waals surface area contributed by atoms with Gasteiger partial charge < -0.3 is 87.0 Å². The third kappa shape index (κ3) is 9.33. The Bertz CT molecular complexity index is 923. The van der Waals surface area contributed by atoms with Crippen LogP contribution in [0, 0.1) is 5.92 Å². The maximum atomic E-state index is 12.8. The van der Waals surface area contributed by atoms with Crippen molar-refractivity contribution in [3.05, 3.63) is 0 Å². The van der Waals surface area contributed by atoms with Gasteiger partial charge in [0.05, 0.1) is 31.5 Å². The summed E-state index contributed by atoms with van der Waals surface area (Å²) in [5.41, 5.74) is 10.4. The maximum absolute atomic E-state index is 12.8. The summed E-state index contributed by atoms with van der Waals surface area (Å²) in [6.07, 6.45) is -17.5. The Morgan fingerprint density at radius 2 is 1.69 bits per heavy atom. The summed E-state index contributed by atoms with van der Waals surface area (Å²) in [4.78, 5) is 12.8. The quantitative estimate of drug-likeness (QED) is 0.0778. The topological polar surface area (TPSA) is 312 Å². The van der Waals surface area contributed by atoms with E-state index in [9.17, 15) is 45.6 Å². The first-order chi connectivity index (χ1) is 21.2. The summed E-state index contributed by atoms with van der Waals surface area (Å²) in [6.45, 7) is 0.600. The van der Waals surface area contributed by atoms with Crippen LogP contribution in [0.3, 0.4) is 0 Å². The molecule has 0 aromatic carbocycles. The number of Topliss-reactive ketones (excluding diaryl/α,β-unsaturated/α-hetero) is 1. The Kier molecular flexibility index (Phi) is 14.4. The molecule has 3 rings (SSSR count).